The molecule has 192 valence electrons. The molecule has 4 rings (SSSR count). The average Bonchev–Trinajstić information content (AvgIpc) is 3.04. The molecule has 9 heteroatoms. The number of fused-ring (bicyclic) bond motifs is 2. The third-order valence-electron chi connectivity index (χ3n) is 6.77. The first-order chi connectivity index (χ1) is 17.2. The van der Waals surface area contributed by atoms with Gasteiger partial charge in [0, 0.05) is 0 Å². The zero-order valence-corrected chi connectivity index (χ0v) is 23.5. The molecule has 7 nitrogen and oxygen atoms in total. The molecule has 0 aliphatic carbocycles. The van der Waals surface area contributed by atoms with Crippen molar-refractivity contribution in [2.75, 3.05) is 21.3 Å². The van der Waals surface area contributed by atoms with Gasteiger partial charge in [0.2, 0.25) is 0 Å². The fraction of sp³-hybridized carbons (Fsp3) is 0.333. The van der Waals surface area contributed by atoms with Gasteiger partial charge < -0.3 is 0 Å². The molecule has 2 N–H and O–H groups in total. The van der Waals surface area contributed by atoms with Crippen LogP contribution in [0.5, 0.6) is 5.75 Å². The molecule has 0 bridgehead atoms. The molecule has 1 aromatic carbocycles. The maximum atomic E-state index is 14.9. The van der Waals surface area contributed by atoms with Gasteiger partial charge in [0.15, 0.2) is 0 Å². The number of carbonyl (C=O) groups is 1. The number of amides is 1. The summed E-state index contributed by atoms with van der Waals surface area (Å²) < 4.78 is 32.2. The van der Waals surface area contributed by atoms with E-state index in [0.29, 0.717) is 18.6 Å². The predicted molar refractivity (Wildman–Crippen MR) is 134 cm³/mol. The van der Waals surface area contributed by atoms with Crippen LogP contribution in [0.15, 0.2) is 51.5 Å². The SMILES string of the molecule is CO/C(C)=C(/C(F)=C\N)C1CCC2=c3cc(-c4cn(C)nc4C)c(OC)cc3=C[I-]C=C2N(C)C1=O. The van der Waals surface area contributed by atoms with Crippen molar-refractivity contribution in [3.8, 4) is 16.9 Å². The van der Waals surface area contributed by atoms with Gasteiger partial charge in [-0.3, -0.25) is 0 Å². The van der Waals surface area contributed by atoms with Crippen molar-refractivity contribution in [3.63, 3.8) is 0 Å². The van der Waals surface area contributed by atoms with Crippen LogP contribution in [0, 0.1) is 12.8 Å². The van der Waals surface area contributed by atoms with Crippen LogP contribution in [-0.4, -0.2) is 41.9 Å². The fourth-order valence-corrected chi connectivity index (χ4v) is 7.12. The van der Waals surface area contributed by atoms with Crippen LogP contribution in [0.25, 0.3) is 20.8 Å². The van der Waals surface area contributed by atoms with E-state index in [4.69, 9.17) is 15.2 Å². The summed E-state index contributed by atoms with van der Waals surface area (Å²) in [7, 11) is 6.81. The first kappa shape index (κ1) is 26.0. The van der Waals surface area contributed by atoms with Crippen LogP contribution >= 0.6 is 0 Å². The number of nitrogens with two attached hydrogens (primary N) is 1. The van der Waals surface area contributed by atoms with E-state index >= 15 is 0 Å². The molecule has 36 heavy (non-hydrogen) atoms. The maximum absolute atomic E-state index is 14.9. The number of carbonyl (C=O) groups excluding carboxylic acids is 1. The molecule has 0 saturated carbocycles. The van der Waals surface area contributed by atoms with Crippen molar-refractivity contribution >= 4 is 15.6 Å². The van der Waals surface area contributed by atoms with E-state index in [2.05, 4.69) is 25.4 Å². The molecule has 2 aliphatic rings. The van der Waals surface area contributed by atoms with Crippen molar-refractivity contribution in [2.45, 2.75) is 26.7 Å². The topological polar surface area (TPSA) is 82.6 Å². The van der Waals surface area contributed by atoms with E-state index in [1.165, 1.54) is 7.11 Å². The summed E-state index contributed by atoms with van der Waals surface area (Å²) in [5.74, 6) is -0.395. The third-order valence-corrected chi connectivity index (χ3v) is 8.75. The second-order valence-corrected chi connectivity index (χ2v) is 10.8. The van der Waals surface area contributed by atoms with Gasteiger partial charge in [-0.15, -0.1) is 0 Å². The fourth-order valence-electron chi connectivity index (χ4n) is 4.90. The van der Waals surface area contributed by atoms with Crippen molar-refractivity contribution in [3.05, 3.63) is 67.6 Å². The molecule has 1 saturated heterocycles. The van der Waals surface area contributed by atoms with E-state index in [9.17, 15) is 9.18 Å². The Hall–Kier alpha value is -3.08. The first-order valence-electron chi connectivity index (χ1n) is 11.6. The van der Waals surface area contributed by atoms with Crippen LogP contribution in [-0.2, 0) is 16.6 Å². The van der Waals surface area contributed by atoms with Gasteiger partial charge in [-0.05, 0) is 0 Å². The second-order valence-electron chi connectivity index (χ2n) is 8.83. The Labute approximate surface area is 220 Å². The number of nitrogens with zero attached hydrogens (tertiary/aromatic N) is 3. The van der Waals surface area contributed by atoms with E-state index in [-0.39, 0.29) is 11.5 Å². The molecule has 1 fully saturated rings. The third kappa shape index (κ3) is 4.56. The zero-order valence-electron chi connectivity index (χ0n) is 21.4. The summed E-state index contributed by atoms with van der Waals surface area (Å²) in [4.78, 5) is 15.3. The number of aromatic nitrogens is 2. The van der Waals surface area contributed by atoms with Gasteiger partial charge in [-0.1, -0.05) is 0 Å². The second kappa shape index (κ2) is 10.5. The van der Waals surface area contributed by atoms with Gasteiger partial charge in [0.1, 0.15) is 0 Å². The Kier molecular flexibility index (Phi) is 7.58. The quantitative estimate of drug-likeness (QED) is 0.290. The molecule has 1 unspecified atom stereocenters. The van der Waals surface area contributed by atoms with Crippen molar-refractivity contribution in [2.24, 2.45) is 18.7 Å². The number of allylic oxidation sites excluding steroid dienone is 3. The standard InChI is InChI=1S/C27H31FIN4O3/c1-15-22(14-32(3)31-15)21-10-20-17(9-25(21)36-6)11-29-12-24-18(20)7-8-19(27(34)33(24)4)26(16(2)35-5)23(28)13-30/h9-14,19H,7-8,30H2,1-6H3/q-1/b23-13+,26-16+. The van der Waals surface area contributed by atoms with Crippen LogP contribution in [0.4, 0.5) is 4.39 Å². The molecule has 1 aromatic heterocycles. The van der Waals surface area contributed by atoms with E-state index in [1.807, 2.05) is 20.2 Å². The summed E-state index contributed by atoms with van der Waals surface area (Å²) in [5.41, 5.74) is 10.5. The molecule has 0 spiro atoms. The van der Waals surface area contributed by atoms with Crippen LogP contribution in [0.3, 0.4) is 0 Å². The summed E-state index contributed by atoms with van der Waals surface area (Å²) in [6.45, 7) is 3.64. The molecule has 1 atom stereocenters. The van der Waals surface area contributed by atoms with Gasteiger partial charge >= 0.3 is 221 Å². The Bertz CT molecular complexity index is 1440. The van der Waals surface area contributed by atoms with E-state index < -0.39 is 32.9 Å². The zero-order chi connectivity index (χ0) is 26.1. The monoisotopic (exact) mass is 605 g/mol. The van der Waals surface area contributed by atoms with Gasteiger partial charge in [0.05, 0.1) is 0 Å². The Balaban J connectivity index is 1.95. The number of likely N-dealkylation sites (tertiary alicyclic amines) is 1. The molecule has 1 amide bonds. The van der Waals surface area contributed by atoms with Crippen molar-refractivity contribution in [1.82, 2.24) is 14.7 Å². The summed E-state index contributed by atoms with van der Waals surface area (Å²) in [6.07, 6.45) is 3.90. The molecule has 3 heterocycles. The minimum atomic E-state index is -0.709. The first-order valence-corrected chi connectivity index (χ1v) is 14.1. The number of hydrogen-bond acceptors (Lipinski definition) is 5. The molecule has 0 radical (unpaired) electrons. The molecule has 2 aliphatic heterocycles. The Morgan fingerprint density at radius 3 is 2.61 bits per heavy atom. The Morgan fingerprint density at radius 2 is 2.00 bits per heavy atom. The average molecular weight is 605 g/mol. The summed E-state index contributed by atoms with van der Waals surface area (Å²) >= 11 is -0.470. The molecular weight excluding hydrogens is 574 g/mol. The number of aryl methyl sites for hydroxylation is 2. The number of rotatable bonds is 5. The number of hydrogen-bond donors (Lipinski definition) is 1. The minimum absolute atomic E-state index is 0.177. The van der Waals surface area contributed by atoms with Gasteiger partial charge in [-0.2, -0.15) is 0 Å². The number of methoxy groups -OCH3 is 2. The van der Waals surface area contributed by atoms with E-state index in [0.717, 1.165) is 50.5 Å². The van der Waals surface area contributed by atoms with Gasteiger partial charge in [-0.25, -0.2) is 0 Å². The number of benzene rings is 1. The van der Waals surface area contributed by atoms with Crippen LogP contribution < -0.4 is 42.1 Å². The molecular formula is C27H31FIN4O3-. The van der Waals surface area contributed by atoms with Gasteiger partial charge in [0.25, 0.3) is 0 Å². The summed E-state index contributed by atoms with van der Waals surface area (Å²) in [6, 6.07) is 4.21. The number of halogens is 2. The van der Waals surface area contributed by atoms with Crippen LogP contribution in [0.1, 0.15) is 25.5 Å². The number of ether oxygens (including phenoxy) is 2. The normalized spacial score (nSPS) is 19.1. The van der Waals surface area contributed by atoms with Crippen molar-refractivity contribution < 1.29 is 39.9 Å². The van der Waals surface area contributed by atoms with Crippen LogP contribution in [0.2, 0.25) is 0 Å². The van der Waals surface area contributed by atoms with Crippen molar-refractivity contribution in [1.29, 1.82) is 0 Å². The summed E-state index contributed by atoms with van der Waals surface area (Å²) in [5, 5.41) is 6.65. The molecule has 2 aromatic rings. The Morgan fingerprint density at radius 1 is 1.25 bits per heavy atom. The van der Waals surface area contributed by atoms with E-state index in [1.54, 1.807) is 30.7 Å². The predicted octanol–water partition coefficient (Wildman–Crippen LogP) is -0.205.